The van der Waals surface area contributed by atoms with Gasteiger partial charge in [-0.15, -0.1) is 23.5 Å². The highest BCUT2D eigenvalue weighted by Crippen LogP contribution is 2.56. The smallest absolute Gasteiger partial charge is 0.387 e. The number of hydrogen-bond donors (Lipinski definition) is 1. The van der Waals surface area contributed by atoms with Crippen LogP contribution >= 0.6 is 23.5 Å². The van der Waals surface area contributed by atoms with Crippen molar-refractivity contribution in [2.24, 2.45) is 0 Å². The van der Waals surface area contributed by atoms with E-state index in [-0.39, 0.29) is 5.75 Å². The van der Waals surface area contributed by atoms with Gasteiger partial charge in [0.2, 0.25) is 0 Å². The maximum atomic E-state index is 12.5. The van der Waals surface area contributed by atoms with Crippen molar-refractivity contribution in [3.63, 3.8) is 0 Å². The highest BCUT2D eigenvalue weighted by atomic mass is 32.2. The third kappa shape index (κ3) is 4.12. The summed E-state index contributed by atoms with van der Waals surface area (Å²) in [6.45, 7) is 0.981. The predicted octanol–water partition coefficient (Wildman–Crippen LogP) is 5.86. The number of thioether (sulfide) groups is 2. The maximum Gasteiger partial charge on any atom is 0.387 e. The first kappa shape index (κ1) is 19.8. The van der Waals surface area contributed by atoms with Crippen molar-refractivity contribution in [2.45, 2.75) is 49.9 Å². The summed E-state index contributed by atoms with van der Waals surface area (Å²) in [6.07, 6.45) is 6.80. The summed E-state index contributed by atoms with van der Waals surface area (Å²) < 4.78 is 29.1. The van der Waals surface area contributed by atoms with E-state index in [0.717, 1.165) is 36.3 Å². The van der Waals surface area contributed by atoms with Crippen LogP contribution in [0.25, 0.3) is 0 Å². The Kier molecular flexibility index (Phi) is 6.36. The lowest BCUT2D eigenvalue weighted by molar-refractivity contribution is -0.0503. The molecule has 1 saturated heterocycles. The van der Waals surface area contributed by atoms with Gasteiger partial charge in [-0.3, -0.25) is 0 Å². The molecule has 1 aromatic carbocycles. The number of benzene rings is 1. The Morgan fingerprint density at radius 3 is 2.54 bits per heavy atom. The Balaban J connectivity index is 1.94. The van der Waals surface area contributed by atoms with E-state index < -0.39 is 16.8 Å². The Morgan fingerprint density at radius 2 is 1.92 bits per heavy atom. The van der Waals surface area contributed by atoms with Crippen molar-refractivity contribution in [3.05, 3.63) is 52.6 Å². The zero-order valence-electron chi connectivity index (χ0n) is 15.0. The zero-order valence-corrected chi connectivity index (χ0v) is 16.6. The Morgan fingerprint density at radius 1 is 1.19 bits per heavy atom. The molecular weight excluding hydrogens is 374 g/mol. The van der Waals surface area contributed by atoms with Crippen LogP contribution in [-0.4, -0.2) is 27.3 Å². The molecule has 2 aliphatic rings. The molecule has 26 heavy (non-hydrogen) atoms. The van der Waals surface area contributed by atoms with Crippen LogP contribution in [0.4, 0.5) is 8.78 Å². The Labute approximate surface area is 162 Å². The van der Waals surface area contributed by atoms with E-state index in [1.165, 1.54) is 17.2 Å². The van der Waals surface area contributed by atoms with E-state index in [2.05, 4.69) is 23.8 Å². The van der Waals surface area contributed by atoms with Gasteiger partial charge in [-0.1, -0.05) is 23.8 Å². The number of allylic oxidation sites excluding steroid dienone is 3. The second kappa shape index (κ2) is 8.36. The highest BCUT2D eigenvalue weighted by molar-refractivity contribution is 8.19. The average Bonchev–Trinajstić information content (AvgIpc) is 2.63. The van der Waals surface area contributed by atoms with Crippen molar-refractivity contribution in [1.82, 2.24) is 0 Å². The van der Waals surface area contributed by atoms with Crippen LogP contribution in [0.15, 0.2) is 41.5 Å². The summed E-state index contributed by atoms with van der Waals surface area (Å²) in [4.78, 5) is 0. The number of aryl methyl sites for hydroxylation is 1. The first-order valence-corrected chi connectivity index (χ1v) is 10.8. The number of halogens is 2. The van der Waals surface area contributed by atoms with Gasteiger partial charge in [0.1, 0.15) is 15.9 Å². The fourth-order valence-corrected chi connectivity index (χ4v) is 6.97. The molecule has 1 atom stereocenters. The molecule has 0 aromatic heterocycles. The van der Waals surface area contributed by atoms with Crippen LogP contribution in [0.3, 0.4) is 0 Å². The summed E-state index contributed by atoms with van der Waals surface area (Å²) in [5.41, 5.74) is 3.86. The van der Waals surface area contributed by atoms with Crippen molar-refractivity contribution < 1.29 is 18.6 Å². The van der Waals surface area contributed by atoms with Crippen LogP contribution in [0, 0.1) is 6.92 Å². The molecule has 0 radical (unpaired) electrons. The molecule has 2 nitrogen and oxygen atoms in total. The predicted molar refractivity (Wildman–Crippen MR) is 106 cm³/mol. The third-order valence-electron chi connectivity index (χ3n) is 4.74. The Hall–Kier alpha value is -0.980. The van der Waals surface area contributed by atoms with Crippen LogP contribution in [0.2, 0.25) is 0 Å². The zero-order chi connectivity index (χ0) is 18.7. The van der Waals surface area contributed by atoms with E-state index >= 15 is 0 Å². The molecule has 0 amide bonds. The average molecular weight is 399 g/mol. The number of aliphatic hydroxyl groups excluding tert-OH is 1. The van der Waals surface area contributed by atoms with Gasteiger partial charge >= 0.3 is 6.61 Å². The molecule has 1 fully saturated rings. The van der Waals surface area contributed by atoms with Gasteiger partial charge in [0, 0.05) is 0 Å². The number of aliphatic hydroxyl groups is 1. The quantitative estimate of drug-likeness (QED) is 0.672. The second-order valence-corrected chi connectivity index (χ2v) is 9.62. The molecule has 142 valence electrons. The van der Waals surface area contributed by atoms with Crippen LogP contribution in [0.5, 0.6) is 5.75 Å². The van der Waals surface area contributed by atoms with Gasteiger partial charge in [-0.05, 0) is 73.4 Å². The lowest BCUT2D eigenvalue weighted by atomic mass is 9.91. The molecule has 6 heteroatoms. The van der Waals surface area contributed by atoms with Crippen molar-refractivity contribution in [3.8, 4) is 5.75 Å². The van der Waals surface area contributed by atoms with E-state index in [0.29, 0.717) is 5.56 Å². The summed E-state index contributed by atoms with van der Waals surface area (Å²) in [6, 6.07) is 5.01. The number of rotatable bonds is 5. The summed E-state index contributed by atoms with van der Waals surface area (Å²) in [7, 11) is 0. The maximum absolute atomic E-state index is 12.5. The van der Waals surface area contributed by atoms with Crippen LogP contribution in [-0.2, 0) is 0 Å². The molecule has 1 aliphatic heterocycles. The van der Waals surface area contributed by atoms with E-state index in [4.69, 9.17) is 0 Å². The lowest BCUT2D eigenvalue weighted by Gasteiger charge is -2.43. The van der Waals surface area contributed by atoms with E-state index in [9.17, 15) is 13.9 Å². The van der Waals surface area contributed by atoms with Crippen molar-refractivity contribution in [2.75, 3.05) is 11.5 Å². The molecule has 1 aromatic rings. The Bertz CT molecular complexity index is 710. The van der Waals surface area contributed by atoms with Gasteiger partial charge in [-0.25, -0.2) is 0 Å². The summed E-state index contributed by atoms with van der Waals surface area (Å²) >= 11 is 3.62. The van der Waals surface area contributed by atoms with Crippen molar-refractivity contribution in [1.29, 1.82) is 0 Å². The molecule has 0 saturated carbocycles. The summed E-state index contributed by atoms with van der Waals surface area (Å²) in [5, 5.41) is 11.3. The monoisotopic (exact) mass is 398 g/mol. The highest BCUT2D eigenvalue weighted by Gasteiger charge is 2.45. The van der Waals surface area contributed by atoms with Gasteiger partial charge < -0.3 is 9.84 Å². The third-order valence-corrected chi connectivity index (χ3v) is 8.26. The SMILES string of the molecule is CC1=CCCC(C2(C(O)c3ccc(OC(F)F)c(C)c3)SCCCS2)=C1. The number of hydrogen-bond acceptors (Lipinski definition) is 4. The standard InChI is InChI=1S/C20H24F2O2S2/c1-13-5-3-6-16(11-13)20(25-9-4-10-26-20)18(23)15-7-8-17(14(2)12-15)24-19(21)22/h5,7-8,11-12,18-19,23H,3-4,6,9-10H2,1-2H3. The number of ether oxygens (including phenoxy) is 1. The van der Waals surface area contributed by atoms with E-state index in [1.54, 1.807) is 19.1 Å². The molecule has 3 rings (SSSR count). The van der Waals surface area contributed by atoms with Crippen LogP contribution in [0.1, 0.15) is 43.4 Å². The normalized spacial score (nSPS) is 21.2. The first-order chi connectivity index (χ1) is 12.4. The second-order valence-electron chi connectivity index (χ2n) is 6.68. The van der Waals surface area contributed by atoms with Gasteiger partial charge in [-0.2, -0.15) is 8.78 Å². The molecule has 1 heterocycles. The van der Waals surface area contributed by atoms with Gasteiger partial charge in [0.25, 0.3) is 0 Å². The van der Waals surface area contributed by atoms with E-state index in [1.807, 2.05) is 23.5 Å². The molecule has 1 unspecified atom stereocenters. The molecule has 1 aliphatic carbocycles. The molecule has 0 spiro atoms. The fourth-order valence-electron chi connectivity index (χ4n) is 3.49. The summed E-state index contributed by atoms with van der Waals surface area (Å²) in [5.74, 6) is 2.18. The minimum Gasteiger partial charge on any atom is -0.435 e. The lowest BCUT2D eigenvalue weighted by Crippen LogP contribution is -2.35. The molecule has 0 bridgehead atoms. The largest absolute Gasteiger partial charge is 0.435 e. The minimum atomic E-state index is -2.84. The van der Waals surface area contributed by atoms with Gasteiger partial charge in [0.15, 0.2) is 0 Å². The van der Waals surface area contributed by atoms with Crippen molar-refractivity contribution >= 4 is 23.5 Å². The fraction of sp³-hybridized carbons (Fsp3) is 0.500. The first-order valence-electron chi connectivity index (χ1n) is 8.81. The topological polar surface area (TPSA) is 29.5 Å². The number of alkyl halides is 2. The molecule has 1 N–H and O–H groups in total. The minimum absolute atomic E-state index is 0.157. The van der Waals surface area contributed by atoms with Crippen LogP contribution < -0.4 is 4.74 Å². The van der Waals surface area contributed by atoms with Gasteiger partial charge in [0.05, 0.1) is 0 Å². The molecular formula is C20H24F2O2S2.